The third kappa shape index (κ3) is 8.94. The van der Waals surface area contributed by atoms with Crippen LogP contribution in [0, 0.1) is 0 Å². The maximum atomic E-state index is 9.14. The number of hydrogen-bond donors (Lipinski definition) is 2. The molecule has 0 spiro atoms. The molecule has 4 aromatic carbocycles. The van der Waals surface area contributed by atoms with E-state index in [1.54, 1.807) is 30.7 Å². The first-order valence-electron chi connectivity index (χ1n) is 15.3. The molecule has 0 amide bonds. The van der Waals surface area contributed by atoms with Gasteiger partial charge in [-0.2, -0.15) is 0 Å². The van der Waals surface area contributed by atoms with Crippen LogP contribution in [0.5, 0.6) is 5.75 Å². The van der Waals surface area contributed by atoms with E-state index >= 15 is 0 Å². The van der Waals surface area contributed by atoms with Gasteiger partial charge in [-0.1, -0.05) is 48.5 Å². The number of rotatable bonds is 14. The summed E-state index contributed by atoms with van der Waals surface area (Å²) in [5.41, 5.74) is 0. The number of hydrogen-bond acceptors (Lipinski definition) is 3. The predicted molar refractivity (Wildman–Crippen MR) is 177 cm³/mol. The van der Waals surface area contributed by atoms with Crippen LogP contribution in [0.2, 0.25) is 0 Å². The Kier molecular flexibility index (Phi) is 13.1. The van der Waals surface area contributed by atoms with Crippen molar-refractivity contribution in [2.75, 3.05) is 24.6 Å². The van der Waals surface area contributed by atoms with Crippen LogP contribution in [0.1, 0.15) is 79.1 Å². The van der Waals surface area contributed by atoms with Crippen molar-refractivity contribution in [1.29, 1.82) is 0 Å². The van der Waals surface area contributed by atoms with Gasteiger partial charge in [-0.3, -0.25) is 0 Å². The minimum absolute atomic E-state index is 0.466. The zero-order valence-electron chi connectivity index (χ0n) is 24.7. The Balaban J connectivity index is 0.000000225. The first kappa shape index (κ1) is 31.4. The van der Waals surface area contributed by atoms with Gasteiger partial charge >= 0.3 is 118 Å². The number of benzene rings is 4. The molecule has 0 aliphatic rings. The zero-order chi connectivity index (χ0) is 28.1. The smallest absolute Gasteiger partial charge is 0.511 e. The number of fused-ring (bicyclic) bond motifs is 4. The van der Waals surface area contributed by atoms with Gasteiger partial charge in [0.1, 0.15) is 5.75 Å². The van der Waals surface area contributed by atoms with E-state index in [2.05, 4.69) is 58.0 Å². The van der Waals surface area contributed by atoms with Crippen molar-refractivity contribution in [2.24, 2.45) is 0 Å². The molecule has 3 nitrogen and oxygen atoms in total. The molecule has 0 aliphatic heterocycles. The molecule has 39 heavy (non-hydrogen) atoms. The maximum absolute atomic E-state index is 9.14. The fraction of sp³-hybridized carbons (Fsp3) is 0.471. The molecule has 212 valence electrons. The Bertz CT molecular complexity index is 1250. The summed E-state index contributed by atoms with van der Waals surface area (Å²) < 4.78 is 5.16. The fourth-order valence-electron chi connectivity index (χ4n) is 5.94. The van der Waals surface area contributed by atoms with Gasteiger partial charge in [-0.25, -0.2) is 0 Å². The van der Waals surface area contributed by atoms with E-state index in [9.17, 15) is 0 Å². The molecule has 0 unspecified atom stereocenters. The molecule has 0 radical (unpaired) electrons. The Morgan fingerprint density at radius 3 is 1.59 bits per heavy atom. The average molecular weight is 549 g/mol. The summed E-state index contributed by atoms with van der Waals surface area (Å²) in [6, 6.07) is 22.1. The van der Waals surface area contributed by atoms with E-state index in [-0.39, 0.29) is 0 Å². The van der Waals surface area contributed by atoms with Crippen LogP contribution in [-0.2, 0) is 0 Å². The van der Waals surface area contributed by atoms with Gasteiger partial charge < -0.3 is 14.7 Å². The number of unbranched alkanes of at least 4 members (excludes halogenated alkanes) is 4. The van der Waals surface area contributed by atoms with Crippen LogP contribution in [-0.4, -0.2) is 42.0 Å². The van der Waals surface area contributed by atoms with Crippen molar-refractivity contribution < 1.29 is 14.7 Å². The Morgan fingerprint density at radius 1 is 0.590 bits per heavy atom. The first-order chi connectivity index (χ1) is 19.0. The van der Waals surface area contributed by atoms with Crippen LogP contribution in [0.4, 0.5) is 0 Å². The SMILES string of the molecule is CCCC[PH](CCCC)(CCCC)CCCC.OB(O)Oc1cccc2ccc3cc4ccccc4cc3c12. The third-order valence-corrected chi connectivity index (χ3v) is 13.8. The molecule has 2 N–H and O–H groups in total. The van der Waals surface area contributed by atoms with Crippen molar-refractivity contribution in [3.63, 3.8) is 0 Å². The molecule has 0 bridgehead atoms. The van der Waals surface area contributed by atoms with E-state index in [1.807, 2.05) is 30.3 Å². The minimum atomic E-state index is -1.83. The van der Waals surface area contributed by atoms with Crippen molar-refractivity contribution in [2.45, 2.75) is 79.1 Å². The topological polar surface area (TPSA) is 49.7 Å². The third-order valence-electron chi connectivity index (χ3n) is 8.16. The summed E-state index contributed by atoms with van der Waals surface area (Å²) in [6.45, 7) is 9.44. The molecule has 0 saturated heterocycles. The summed E-state index contributed by atoms with van der Waals surface area (Å²) in [5.74, 6) is 0.466. The average Bonchev–Trinajstić information content (AvgIpc) is 2.95. The van der Waals surface area contributed by atoms with Gasteiger partial charge in [0.05, 0.1) is 0 Å². The molecule has 0 atom stereocenters. The molecule has 4 aromatic rings. The van der Waals surface area contributed by atoms with Gasteiger partial charge in [0.2, 0.25) is 0 Å². The second-order valence-corrected chi connectivity index (χ2v) is 16.2. The summed E-state index contributed by atoms with van der Waals surface area (Å²) in [6.07, 6.45) is 18.1. The minimum Gasteiger partial charge on any atom is -0.511 e. The molecule has 0 saturated carbocycles. The van der Waals surface area contributed by atoms with Gasteiger partial charge in [0, 0.05) is 5.39 Å². The molecule has 0 heterocycles. The Labute approximate surface area is 237 Å². The molecular formula is C34H50BO3P. The van der Waals surface area contributed by atoms with E-state index in [0.717, 1.165) is 26.9 Å². The molecule has 5 heteroatoms. The van der Waals surface area contributed by atoms with E-state index in [0.29, 0.717) is 5.75 Å². The van der Waals surface area contributed by atoms with E-state index in [1.165, 1.54) is 56.8 Å². The van der Waals surface area contributed by atoms with Gasteiger partial charge in [-0.05, 0) is 45.1 Å². The van der Waals surface area contributed by atoms with Crippen LogP contribution in [0.25, 0.3) is 32.3 Å². The first-order valence-corrected chi connectivity index (χ1v) is 18.2. The zero-order valence-corrected chi connectivity index (χ0v) is 25.7. The Morgan fingerprint density at radius 2 is 1.08 bits per heavy atom. The molecule has 4 rings (SSSR count). The summed E-state index contributed by atoms with van der Waals surface area (Å²) >= 11 is 0. The van der Waals surface area contributed by atoms with Gasteiger partial charge in [0.15, 0.2) is 0 Å². The second kappa shape index (κ2) is 16.2. The van der Waals surface area contributed by atoms with Gasteiger partial charge in [0.25, 0.3) is 0 Å². The Hall–Kier alpha value is -2.13. The second-order valence-electron chi connectivity index (χ2n) is 11.2. The molecule has 0 aliphatic carbocycles. The summed E-state index contributed by atoms with van der Waals surface area (Å²) in [4.78, 5) is 0. The summed E-state index contributed by atoms with van der Waals surface area (Å²) in [5, 5.41) is 24.6. The fourth-order valence-corrected chi connectivity index (χ4v) is 11.9. The largest absolute Gasteiger partial charge is 0.707 e. The van der Waals surface area contributed by atoms with Crippen LogP contribution >= 0.6 is 7.26 Å². The molecular weight excluding hydrogens is 498 g/mol. The monoisotopic (exact) mass is 548 g/mol. The van der Waals surface area contributed by atoms with Crippen LogP contribution < -0.4 is 4.65 Å². The maximum Gasteiger partial charge on any atom is 0.707 e. The summed E-state index contributed by atoms with van der Waals surface area (Å²) in [7, 11) is -2.71. The van der Waals surface area contributed by atoms with E-state index < -0.39 is 14.6 Å². The van der Waals surface area contributed by atoms with Crippen molar-refractivity contribution in [3.8, 4) is 5.75 Å². The van der Waals surface area contributed by atoms with Crippen molar-refractivity contribution in [3.05, 3.63) is 66.7 Å². The normalized spacial score (nSPS) is 11.9. The quantitative estimate of drug-likeness (QED) is 0.0714. The standard InChI is InChI=1S/C18H13BO3.C16H37P/c20-19(21)22-17-7-3-6-12-8-9-15-10-13-4-1-2-5-14(13)11-16(15)18(12)17;1-5-9-13-17(14-10-6-2,15-11-7-3)16-12-8-4/h1-11,20-21H;17H,5-16H2,1-4H3. The van der Waals surface area contributed by atoms with Crippen molar-refractivity contribution >= 4 is 46.9 Å². The van der Waals surface area contributed by atoms with Crippen molar-refractivity contribution in [1.82, 2.24) is 0 Å². The van der Waals surface area contributed by atoms with Gasteiger partial charge in [-0.15, -0.1) is 0 Å². The molecule has 0 aromatic heterocycles. The molecule has 0 fully saturated rings. The van der Waals surface area contributed by atoms with Crippen LogP contribution in [0.15, 0.2) is 66.7 Å². The predicted octanol–water partition coefficient (Wildman–Crippen LogP) is 9.43. The van der Waals surface area contributed by atoms with E-state index in [4.69, 9.17) is 14.7 Å². The van der Waals surface area contributed by atoms with Crippen LogP contribution in [0.3, 0.4) is 0 Å².